The highest BCUT2D eigenvalue weighted by Crippen LogP contribution is 2.31. The zero-order chi connectivity index (χ0) is 26.6. The summed E-state index contributed by atoms with van der Waals surface area (Å²) >= 11 is 0. The minimum absolute atomic E-state index is 0.0442. The fraction of sp³-hybridized carbons (Fsp3) is 0.548. The van der Waals surface area contributed by atoms with E-state index in [-0.39, 0.29) is 11.8 Å². The smallest absolute Gasteiger partial charge is 0.229 e. The lowest BCUT2D eigenvalue weighted by Gasteiger charge is -2.23. The Morgan fingerprint density at radius 3 is 1.03 bits per heavy atom. The van der Waals surface area contributed by atoms with Crippen molar-refractivity contribution in [3.05, 3.63) is 57.6 Å². The van der Waals surface area contributed by atoms with E-state index in [0.29, 0.717) is 0 Å². The molecule has 4 heteroatoms. The van der Waals surface area contributed by atoms with Crippen molar-refractivity contribution < 1.29 is 9.59 Å². The maximum Gasteiger partial charge on any atom is 0.229 e. The highest BCUT2D eigenvalue weighted by Gasteiger charge is 2.24. The van der Waals surface area contributed by atoms with Gasteiger partial charge in [-0.05, 0) is 65.5 Å². The summed E-state index contributed by atoms with van der Waals surface area (Å²) < 4.78 is 0. The molecule has 0 aromatic heterocycles. The average Bonchev–Trinajstić information content (AvgIpc) is 2.78. The molecule has 0 aliphatic carbocycles. The Kier molecular flexibility index (Phi) is 9.33. The van der Waals surface area contributed by atoms with E-state index in [2.05, 4.69) is 62.6 Å². The van der Waals surface area contributed by atoms with E-state index in [4.69, 9.17) is 0 Å². The molecular formula is C31H46N2O2. The molecule has 0 aliphatic heterocycles. The molecule has 2 aromatic rings. The van der Waals surface area contributed by atoms with Gasteiger partial charge in [0.1, 0.15) is 0 Å². The molecule has 0 aliphatic rings. The number of carbonyl (C=O) groups is 2. The van der Waals surface area contributed by atoms with Crippen LogP contribution in [0.15, 0.2) is 24.3 Å². The monoisotopic (exact) mass is 478 g/mol. The summed E-state index contributed by atoms with van der Waals surface area (Å²) in [5.41, 5.74) is 8.29. The first kappa shape index (κ1) is 28.6. The van der Waals surface area contributed by atoms with Gasteiger partial charge in [-0.3, -0.25) is 9.59 Å². The largest absolute Gasteiger partial charge is 0.325 e. The fourth-order valence-electron chi connectivity index (χ4n) is 4.16. The van der Waals surface area contributed by atoms with Crippen LogP contribution in [0.25, 0.3) is 0 Å². The molecule has 0 heterocycles. The minimum atomic E-state index is -0.439. The second-order valence-corrected chi connectivity index (χ2v) is 11.6. The number of anilines is 2. The van der Waals surface area contributed by atoms with Gasteiger partial charge in [-0.1, -0.05) is 93.5 Å². The molecule has 4 nitrogen and oxygen atoms in total. The van der Waals surface area contributed by atoms with E-state index in [0.717, 1.165) is 43.5 Å². The summed E-state index contributed by atoms with van der Waals surface area (Å²) in [4.78, 5) is 25.4. The van der Waals surface area contributed by atoms with Crippen molar-refractivity contribution in [2.75, 3.05) is 10.6 Å². The normalized spacial score (nSPS) is 11.9. The predicted molar refractivity (Wildman–Crippen MR) is 149 cm³/mol. The number of amides is 2. The Balaban J connectivity index is 2.47. The molecule has 0 saturated carbocycles. The molecule has 35 heavy (non-hydrogen) atoms. The molecule has 0 spiro atoms. The van der Waals surface area contributed by atoms with Gasteiger partial charge in [0.05, 0.1) is 0 Å². The number of nitrogens with one attached hydrogen (secondary N) is 2. The minimum Gasteiger partial charge on any atom is -0.325 e. The van der Waals surface area contributed by atoms with Crippen LogP contribution in [0.1, 0.15) is 103 Å². The highest BCUT2D eigenvalue weighted by atomic mass is 16.2. The first-order chi connectivity index (χ1) is 16.2. The molecule has 0 radical (unpaired) electrons. The zero-order valence-corrected chi connectivity index (χ0v) is 23.7. The second kappa shape index (κ2) is 11.4. The fourth-order valence-corrected chi connectivity index (χ4v) is 4.16. The lowest BCUT2D eigenvalue weighted by atomic mass is 9.91. The van der Waals surface area contributed by atoms with E-state index in [1.165, 1.54) is 33.4 Å². The Morgan fingerprint density at radius 1 is 0.571 bits per heavy atom. The van der Waals surface area contributed by atoms with Crippen LogP contribution in [0.4, 0.5) is 11.4 Å². The Bertz CT molecular complexity index is 933. The van der Waals surface area contributed by atoms with Gasteiger partial charge >= 0.3 is 0 Å². The van der Waals surface area contributed by atoms with Crippen molar-refractivity contribution in [2.24, 2.45) is 10.8 Å². The van der Waals surface area contributed by atoms with Crippen molar-refractivity contribution in [1.82, 2.24) is 0 Å². The van der Waals surface area contributed by atoms with Gasteiger partial charge in [-0.25, -0.2) is 0 Å². The number of rotatable bonds is 8. The molecule has 2 N–H and O–H groups in total. The van der Waals surface area contributed by atoms with Crippen molar-refractivity contribution in [3.8, 4) is 0 Å². The van der Waals surface area contributed by atoms with Crippen molar-refractivity contribution in [1.29, 1.82) is 0 Å². The van der Waals surface area contributed by atoms with Gasteiger partial charge in [0, 0.05) is 22.2 Å². The molecule has 0 fully saturated rings. The second-order valence-electron chi connectivity index (χ2n) is 11.6. The third-order valence-electron chi connectivity index (χ3n) is 6.49. The SMILES string of the molecule is CCc1cc(Cc2cc(CC)c(NC(=O)C(C)(C)C)c(CC)c2)cc(CC)c1NC(=O)C(C)(C)C. The Morgan fingerprint density at radius 2 is 0.829 bits per heavy atom. The van der Waals surface area contributed by atoms with Crippen LogP contribution in [0, 0.1) is 10.8 Å². The Hall–Kier alpha value is -2.62. The maximum atomic E-state index is 12.7. The summed E-state index contributed by atoms with van der Waals surface area (Å²) in [7, 11) is 0. The summed E-state index contributed by atoms with van der Waals surface area (Å²) in [5, 5.41) is 6.41. The van der Waals surface area contributed by atoms with Crippen molar-refractivity contribution in [3.63, 3.8) is 0 Å². The van der Waals surface area contributed by atoms with Gasteiger partial charge in [-0.2, -0.15) is 0 Å². The predicted octanol–water partition coefficient (Wildman–Crippen LogP) is 7.50. The third kappa shape index (κ3) is 7.19. The van der Waals surface area contributed by atoms with E-state index in [9.17, 15) is 9.59 Å². The molecule has 0 unspecified atom stereocenters. The third-order valence-corrected chi connectivity index (χ3v) is 6.49. The van der Waals surface area contributed by atoms with Crippen LogP contribution in [-0.2, 0) is 41.7 Å². The lowest BCUT2D eigenvalue weighted by molar-refractivity contribution is -0.123. The first-order valence-electron chi connectivity index (χ1n) is 13.2. The zero-order valence-electron chi connectivity index (χ0n) is 23.7. The van der Waals surface area contributed by atoms with Crippen LogP contribution < -0.4 is 10.6 Å². The highest BCUT2D eigenvalue weighted by molar-refractivity contribution is 5.96. The summed E-state index contributed by atoms with van der Waals surface area (Å²) in [6.45, 7) is 20.2. The van der Waals surface area contributed by atoms with Gasteiger partial charge in [-0.15, -0.1) is 0 Å². The summed E-state index contributed by atoms with van der Waals surface area (Å²) in [6.07, 6.45) is 4.26. The van der Waals surface area contributed by atoms with E-state index in [1.54, 1.807) is 0 Å². The standard InChI is InChI=1S/C31H46N2O2/c1-11-22-16-20(17-23(12-2)26(22)32-28(34)30(5,6)7)15-21-18-24(13-3)27(25(14-4)19-21)33-29(35)31(8,9)10/h16-19H,11-15H2,1-10H3,(H,32,34)(H,33,35). The van der Waals surface area contributed by atoms with E-state index in [1.807, 2.05) is 41.5 Å². The Labute approximate surface area is 213 Å². The molecule has 0 bridgehead atoms. The molecule has 0 saturated heterocycles. The van der Waals surface area contributed by atoms with Crippen LogP contribution in [-0.4, -0.2) is 11.8 Å². The maximum absolute atomic E-state index is 12.7. The number of carbonyl (C=O) groups excluding carboxylic acids is 2. The van der Waals surface area contributed by atoms with Crippen molar-refractivity contribution in [2.45, 2.75) is 101 Å². The molecule has 2 rings (SSSR count). The van der Waals surface area contributed by atoms with E-state index >= 15 is 0 Å². The molecule has 0 atom stereocenters. The van der Waals surface area contributed by atoms with Gasteiger partial charge in [0.15, 0.2) is 0 Å². The number of aryl methyl sites for hydroxylation is 4. The van der Waals surface area contributed by atoms with Gasteiger partial charge < -0.3 is 10.6 Å². The van der Waals surface area contributed by atoms with Crippen LogP contribution in [0.5, 0.6) is 0 Å². The number of hydrogen-bond acceptors (Lipinski definition) is 2. The topological polar surface area (TPSA) is 58.2 Å². The van der Waals surface area contributed by atoms with E-state index < -0.39 is 10.8 Å². The van der Waals surface area contributed by atoms with Gasteiger partial charge in [0.25, 0.3) is 0 Å². The number of benzene rings is 2. The average molecular weight is 479 g/mol. The molecule has 192 valence electrons. The lowest BCUT2D eigenvalue weighted by Crippen LogP contribution is -2.28. The first-order valence-corrected chi connectivity index (χ1v) is 13.2. The molecular weight excluding hydrogens is 432 g/mol. The van der Waals surface area contributed by atoms with Crippen LogP contribution in [0.2, 0.25) is 0 Å². The summed E-state index contributed by atoms with van der Waals surface area (Å²) in [6, 6.07) is 8.96. The molecule has 2 aromatic carbocycles. The summed E-state index contributed by atoms with van der Waals surface area (Å²) in [5.74, 6) is 0.0884. The quantitative estimate of drug-likeness (QED) is 0.413. The van der Waals surface area contributed by atoms with Crippen LogP contribution >= 0.6 is 0 Å². The number of hydrogen-bond donors (Lipinski definition) is 2. The van der Waals surface area contributed by atoms with Crippen LogP contribution in [0.3, 0.4) is 0 Å². The van der Waals surface area contributed by atoms with Crippen molar-refractivity contribution >= 4 is 23.2 Å². The molecule has 2 amide bonds. The van der Waals surface area contributed by atoms with Gasteiger partial charge in [0.2, 0.25) is 11.8 Å².